The fraction of sp³-hybridized carbons (Fsp3) is 0.500. The van der Waals surface area contributed by atoms with Crippen LogP contribution in [0.25, 0.3) is 0 Å². The van der Waals surface area contributed by atoms with Crippen LogP contribution in [-0.2, 0) is 0 Å². The molecule has 0 radical (unpaired) electrons. The number of ether oxygens (including phenoxy) is 1. The number of anilines is 1. The molecule has 1 saturated carbocycles. The Morgan fingerprint density at radius 3 is 2.79 bits per heavy atom. The van der Waals surface area contributed by atoms with Crippen LogP contribution in [0.5, 0.6) is 5.75 Å². The zero-order chi connectivity index (χ0) is 9.54. The van der Waals surface area contributed by atoms with E-state index < -0.39 is 0 Å². The fourth-order valence-electron chi connectivity index (χ4n) is 2.42. The Labute approximate surface area is 84.5 Å². The van der Waals surface area contributed by atoms with Gasteiger partial charge in [-0.1, -0.05) is 6.07 Å². The highest BCUT2D eigenvalue weighted by Crippen LogP contribution is 2.46. The Balaban J connectivity index is 1.81. The maximum absolute atomic E-state index is 5.23. The van der Waals surface area contributed by atoms with Crippen molar-refractivity contribution >= 4 is 5.69 Å². The first-order valence-electron chi connectivity index (χ1n) is 5.26. The Morgan fingerprint density at radius 2 is 2.07 bits per heavy atom. The van der Waals surface area contributed by atoms with Crippen LogP contribution >= 0.6 is 0 Å². The SMILES string of the molecule is COc1cccc(N2C[C@H]3C[C@H]3C2)c1. The van der Waals surface area contributed by atoms with Gasteiger partial charge in [0.2, 0.25) is 0 Å². The van der Waals surface area contributed by atoms with E-state index in [1.807, 2.05) is 6.07 Å². The lowest BCUT2D eigenvalue weighted by molar-refractivity contribution is 0.415. The number of fused-ring (bicyclic) bond motifs is 1. The fourth-order valence-corrected chi connectivity index (χ4v) is 2.42. The molecule has 74 valence electrons. The summed E-state index contributed by atoms with van der Waals surface area (Å²) in [6.45, 7) is 2.50. The van der Waals surface area contributed by atoms with E-state index in [4.69, 9.17) is 4.74 Å². The molecule has 2 aliphatic rings. The van der Waals surface area contributed by atoms with E-state index in [0.717, 1.165) is 17.6 Å². The third-order valence-corrected chi connectivity index (χ3v) is 3.40. The molecule has 1 aliphatic heterocycles. The maximum atomic E-state index is 5.23. The second-order valence-corrected chi connectivity index (χ2v) is 4.36. The largest absolute Gasteiger partial charge is 0.497 e. The van der Waals surface area contributed by atoms with Crippen LogP contribution in [-0.4, -0.2) is 20.2 Å². The molecule has 1 saturated heterocycles. The van der Waals surface area contributed by atoms with Crippen LogP contribution < -0.4 is 9.64 Å². The zero-order valence-corrected chi connectivity index (χ0v) is 8.44. The standard InChI is InChI=1S/C12H15NO/c1-14-12-4-2-3-11(6-12)13-7-9-5-10(9)8-13/h2-4,6,9-10H,5,7-8H2,1H3/t9-,10+. The monoisotopic (exact) mass is 189 g/mol. The van der Waals surface area contributed by atoms with Gasteiger partial charge in [0.25, 0.3) is 0 Å². The van der Waals surface area contributed by atoms with Crippen molar-refractivity contribution in [1.82, 2.24) is 0 Å². The number of benzene rings is 1. The number of hydrogen-bond donors (Lipinski definition) is 0. The van der Waals surface area contributed by atoms with Gasteiger partial charge in [0.15, 0.2) is 0 Å². The Bertz CT molecular complexity index is 340. The molecule has 0 bridgehead atoms. The number of methoxy groups -OCH3 is 1. The van der Waals surface area contributed by atoms with Crippen LogP contribution in [0.15, 0.2) is 24.3 Å². The summed E-state index contributed by atoms with van der Waals surface area (Å²) in [4.78, 5) is 2.47. The number of hydrogen-bond acceptors (Lipinski definition) is 2. The van der Waals surface area contributed by atoms with Gasteiger partial charge < -0.3 is 9.64 Å². The Kier molecular flexibility index (Phi) is 1.69. The minimum Gasteiger partial charge on any atom is -0.497 e. The van der Waals surface area contributed by atoms with Crippen molar-refractivity contribution in [2.45, 2.75) is 6.42 Å². The van der Waals surface area contributed by atoms with E-state index in [1.54, 1.807) is 7.11 Å². The Morgan fingerprint density at radius 1 is 1.29 bits per heavy atom. The first kappa shape index (κ1) is 8.16. The summed E-state index contributed by atoms with van der Waals surface area (Å²) in [5.74, 6) is 2.94. The number of rotatable bonds is 2. The van der Waals surface area contributed by atoms with E-state index in [1.165, 1.54) is 25.2 Å². The third-order valence-electron chi connectivity index (χ3n) is 3.40. The molecule has 3 rings (SSSR count). The van der Waals surface area contributed by atoms with Crippen molar-refractivity contribution in [2.24, 2.45) is 11.8 Å². The molecule has 1 aliphatic carbocycles. The molecule has 0 spiro atoms. The summed E-state index contributed by atoms with van der Waals surface area (Å²) < 4.78 is 5.23. The van der Waals surface area contributed by atoms with Gasteiger partial charge in [-0.05, 0) is 30.4 Å². The molecule has 0 unspecified atom stereocenters. The summed E-state index contributed by atoms with van der Waals surface area (Å²) in [6, 6.07) is 8.37. The average molecular weight is 189 g/mol. The normalized spacial score (nSPS) is 28.8. The van der Waals surface area contributed by atoms with Gasteiger partial charge in [0.05, 0.1) is 7.11 Å². The second-order valence-electron chi connectivity index (χ2n) is 4.36. The highest BCUT2D eigenvalue weighted by molar-refractivity contribution is 5.52. The van der Waals surface area contributed by atoms with E-state index in [0.29, 0.717) is 0 Å². The van der Waals surface area contributed by atoms with Crippen molar-refractivity contribution < 1.29 is 4.74 Å². The van der Waals surface area contributed by atoms with Crippen molar-refractivity contribution in [3.05, 3.63) is 24.3 Å². The summed E-state index contributed by atoms with van der Waals surface area (Å²) in [6.07, 6.45) is 1.46. The minimum atomic E-state index is 0.961. The van der Waals surface area contributed by atoms with Gasteiger partial charge in [0, 0.05) is 24.8 Å². The van der Waals surface area contributed by atoms with Gasteiger partial charge in [-0.15, -0.1) is 0 Å². The minimum absolute atomic E-state index is 0.961. The predicted octanol–water partition coefficient (Wildman–Crippen LogP) is 2.15. The predicted molar refractivity (Wildman–Crippen MR) is 56.8 cm³/mol. The van der Waals surface area contributed by atoms with Crippen molar-refractivity contribution in [3.8, 4) is 5.75 Å². The van der Waals surface area contributed by atoms with Crippen LogP contribution in [0, 0.1) is 11.8 Å². The molecule has 1 aromatic carbocycles. The molecule has 2 atom stereocenters. The topological polar surface area (TPSA) is 12.5 Å². The summed E-state index contributed by atoms with van der Waals surface area (Å²) >= 11 is 0. The molecular formula is C12H15NO. The van der Waals surface area contributed by atoms with E-state index in [-0.39, 0.29) is 0 Å². The smallest absolute Gasteiger partial charge is 0.120 e. The van der Waals surface area contributed by atoms with Gasteiger partial charge in [-0.25, -0.2) is 0 Å². The molecule has 2 nitrogen and oxygen atoms in total. The van der Waals surface area contributed by atoms with Crippen LogP contribution in [0.2, 0.25) is 0 Å². The number of piperidine rings is 1. The van der Waals surface area contributed by atoms with E-state index in [2.05, 4.69) is 23.1 Å². The molecule has 1 aromatic rings. The Hall–Kier alpha value is -1.18. The molecule has 1 heterocycles. The van der Waals surface area contributed by atoms with Gasteiger partial charge in [-0.3, -0.25) is 0 Å². The lowest BCUT2D eigenvalue weighted by atomic mass is 10.2. The maximum Gasteiger partial charge on any atom is 0.120 e. The highest BCUT2D eigenvalue weighted by Gasteiger charge is 2.45. The molecule has 0 N–H and O–H groups in total. The van der Waals surface area contributed by atoms with Gasteiger partial charge in [0.1, 0.15) is 5.75 Å². The highest BCUT2D eigenvalue weighted by atomic mass is 16.5. The number of nitrogens with zero attached hydrogens (tertiary/aromatic N) is 1. The van der Waals surface area contributed by atoms with Crippen LogP contribution in [0.1, 0.15) is 6.42 Å². The van der Waals surface area contributed by atoms with Crippen molar-refractivity contribution in [2.75, 3.05) is 25.1 Å². The molecule has 0 aromatic heterocycles. The average Bonchev–Trinajstić information content (AvgIpc) is 2.86. The van der Waals surface area contributed by atoms with Gasteiger partial charge >= 0.3 is 0 Å². The van der Waals surface area contributed by atoms with E-state index in [9.17, 15) is 0 Å². The molecular weight excluding hydrogens is 174 g/mol. The quantitative estimate of drug-likeness (QED) is 0.706. The molecule has 14 heavy (non-hydrogen) atoms. The van der Waals surface area contributed by atoms with E-state index >= 15 is 0 Å². The first-order valence-corrected chi connectivity index (χ1v) is 5.26. The molecule has 2 fully saturated rings. The third kappa shape index (κ3) is 1.26. The van der Waals surface area contributed by atoms with Gasteiger partial charge in [-0.2, -0.15) is 0 Å². The lowest BCUT2D eigenvalue weighted by Crippen LogP contribution is -2.21. The zero-order valence-electron chi connectivity index (χ0n) is 8.44. The summed E-state index contributed by atoms with van der Waals surface area (Å²) in [5, 5.41) is 0. The lowest BCUT2D eigenvalue weighted by Gasteiger charge is -2.20. The summed E-state index contributed by atoms with van der Waals surface area (Å²) in [5.41, 5.74) is 1.32. The first-order chi connectivity index (χ1) is 6.86. The molecule has 2 heteroatoms. The second kappa shape index (κ2) is 2.91. The van der Waals surface area contributed by atoms with Crippen LogP contribution in [0.4, 0.5) is 5.69 Å². The van der Waals surface area contributed by atoms with Crippen molar-refractivity contribution in [1.29, 1.82) is 0 Å². The van der Waals surface area contributed by atoms with Crippen LogP contribution in [0.3, 0.4) is 0 Å². The summed E-state index contributed by atoms with van der Waals surface area (Å²) in [7, 11) is 1.72. The molecule has 0 amide bonds. The van der Waals surface area contributed by atoms with Crippen molar-refractivity contribution in [3.63, 3.8) is 0 Å².